The average Bonchev–Trinajstić information content (AvgIpc) is 3.04. The van der Waals surface area contributed by atoms with Crippen LogP contribution in [0, 0.1) is 0 Å². The van der Waals surface area contributed by atoms with Gasteiger partial charge in [0.2, 0.25) is 5.91 Å². The third-order valence-corrected chi connectivity index (χ3v) is 6.03. The first-order valence-corrected chi connectivity index (χ1v) is 10.7. The van der Waals surface area contributed by atoms with Crippen LogP contribution >= 0.6 is 58.2 Å². The van der Waals surface area contributed by atoms with E-state index in [0.717, 1.165) is 0 Å². The maximum Gasteiger partial charge on any atom is 0.234 e. The van der Waals surface area contributed by atoms with Crippen LogP contribution in [-0.4, -0.2) is 26.4 Å². The van der Waals surface area contributed by atoms with Crippen molar-refractivity contribution in [2.24, 2.45) is 7.05 Å². The van der Waals surface area contributed by atoms with Crippen molar-refractivity contribution >= 4 is 69.8 Å². The summed E-state index contributed by atoms with van der Waals surface area (Å²) in [5.41, 5.74) is 0.390. The van der Waals surface area contributed by atoms with Gasteiger partial charge in [0.15, 0.2) is 11.0 Å². The number of benzene rings is 2. The minimum atomic E-state index is -0.266. The Morgan fingerprint density at radius 1 is 1.07 bits per heavy atom. The van der Waals surface area contributed by atoms with Gasteiger partial charge >= 0.3 is 0 Å². The van der Waals surface area contributed by atoms with Crippen molar-refractivity contribution in [3.63, 3.8) is 0 Å². The van der Waals surface area contributed by atoms with Crippen molar-refractivity contribution in [1.29, 1.82) is 0 Å². The lowest BCUT2D eigenvalue weighted by Gasteiger charge is -2.09. The van der Waals surface area contributed by atoms with Gasteiger partial charge in [-0.2, -0.15) is 0 Å². The molecule has 152 valence electrons. The molecule has 0 spiro atoms. The van der Waals surface area contributed by atoms with Crippen LogP contribution in [0.4, 0.5) is 5.69 Å². The number of halogens is 4. The standard InChI is InChI=1S/C18H14Cl4N4O2S/c1-26-16(8-28-11-4-2-10(19)3-5-11)24-25-18(26)29-9-17(27)23-15-7-13(21)12(20)6-14(15)22/h2-7H,8-9H2,1H3,(H,23,27). The highest BCUT2D eigenvalue weighted by atomic mass is 35.5. The van der Waals surface area contributed by atoms with Gasteiger partial charge in [0.05, 0.1) is 26.5 Å². The van der Waals surface area contributed by atoms with E-state index in [1.165, 1.54) is 23.9 Å². The first-order chi connectivity index (χ1) is 13.8. The van der Waals surface area contributed by atoms with Crippen LogP contribution in [0.5, 0.6) is 5.75 Å². The molecule has 0 saturated carbocycles. The molecule has 1 amide bonds. The molecule has 0 aliphatic carbocycles. The maximum atomic E-state index is 12.2. The number of hydrogen-bond acceptors (Lipinski definition) is 5. The van der Waals surface area contributed by atoms with E-state index in [4.69, 9.17) is 51.1 Å². The van der Waals surface area contributed by atoms with Gasteiger partial charge in [-0.15, -0.1) is 10.2 Å². The Hall–Kier alpha value is -1.64. The van der Waals surface area contributed by atoms with Crippen LogP contribution in [-0.2, 0) is 18.4 Å². The van der Waals surface area contributed by atoms with Crippen molar-refractivity contribution in [3.05, 3.63) is 62.3 Å². The third-order valence-electron chi connectivity index (χ3n) is 3.72. The molecule has 11 heteroatoms. The molecule has 0 aliphatic heterocycles. The number of nitrogens with zero attached hydrogens (tertiary/aromatic N) is 3. The quantitative estimate of drug-likeness (QED) is 0.337. The highest BCUT2D eigenvalue weighted by Gasteiger charge is 2.14. The second-order valence-electron chi connectivity index (χ2n) is 5.78. The number of anilines is 1. The van der Waals surface area contributed by atoms with E-state index in [-0.39, 0.29) is 18.3 Å². The predicted octanol–water partition coefficient (Wildman–Crippen LogP) is 5.74. The lowest BCUT2D eigenvalue weighted by Crippen LogP contribution is -2.15. The Bertz CT molecular complexity index is 1030. The zero-order chi connectivity index (χ0) is 21.0. The lowest BCUT2D eigenvalue weighted by molar-refractivity contribution is -0.113. The second-order valence-corrected chi connectivity index (χ2v) is 8.38. The molecule has 1 aromatic heterocycles. The molecule has 0 radical (unpaired) electrons. The highest BCUT2D eigenvalue weighted by molar-refractivity contribution is 7.99. The van der Waals surface area contributed by atoms with E-state index >= 15 is 0 Å². The van der Waals surface area contributed by atoms with Gasteiger partial charge in [0.1, 0.15) is 12.4 Å². The average molecular weight is 492 g/mol. The predicted molar refractivity (Wildman–Crippen MR) is 118 cm³/mol. The highest BCUT2D eigenvalue weighted by Crippen LogP contribution is 2.32. The van der Waals surface area contributed by atoms with Crippen LogP contribution in [0.25, 0.3) is 0 Å². The number of aromatic nitrogens is 3. The van der Waals surface area contributed by atoms with Gasteiger partial charge in [0, 0.05) is 12.1 Å². The van der Waals surface area contributed by atoms with Gasteiger partial charge in [0.25, 0.3) is 0 Å². The molecule has 3 aromatic rings. The van der Waals surface area contributed by atoms with Crippen LogP contribution in [0.1, 0.15) is 5.82 Å². The summed E-state index contributed by atoms with van der Waals surface area (Å²) in [5, 5.41) is 13.0. The summed E-state index contributed by atoms with van der Waals surface area (Å²) >= 11 is 25.0. The lowest BCUT2D eigenvalue weighted by atomic mass is 10.3. The fraction of sp³-hybridized carbons (Fsp3) is 0.167. The number of thioether (sulfide) groups is 1. The Kier molecular flexibility index (Phi) is 7.54. The Morgan fingerprint density at radius 3 is 2.48 bits per heavy atom. The van der Waals surface area contributed by atoms with E-state index < -0.39 is 0 Å². The topological polar surface area (TPSA) is 69.0 Å². The van der Waals surface area contributed by atoms with Crippen molar-refractivity contribution in [1.82, 2.24) is 14.8 Å². The van der Waals surface area contributed by atoms with Crippen LogP contribution in [0.3, 0.4) is 0 Å². The van der Waals surface area contributed by atoms with E-state index in [1.807, 2.05) is 0 Å². The van der Waals surface area contributed by atoms with E-state index in [0.29, 0.717) is 42.5 Å². The third kappa shape index (κ3) is 5.93. The summed E-state index contributed by atoms with van der Waals surface area (Å²) in [5.74, 6) is 1.14. The van der Waals surface area contributed by atoms with Crippen molar-refractivity contribution in [3.8, 4) is 5.75 Å². The van der Waals surface area contributed by atoms with E-state index in [1.54, 1.807) is 35.9 Å². The molecule has 3 rings (SSSR count). The normalized spacial score (nSPS) is 10.8. The largest absolute Gasteiger partial charge is 0.486 e. The number of hydrogen-bond donors (Lipinski definition) is 1. The molecular weight excluding hydrogens is 478 g/mol. The smallest absolute Gasteiger partial charge is 0.234 e. The zero-order valence-corrected chi connectivity index (χ0v) is 18.8. The molecule has 29 heavy (non-hydrogen) atoms. The maximum absolute atomic E-state index is 12.2. The first-order valence-electron chi connectivity index (χ1n) is 8.17. The molecule has 2 aromatic carbocycles. The number of nitrogens with one attached hydrogen (secondary N) is 1. The van der Waals surface area contributed by atoms with Crippen LogP contribution in [0.2, 0.25) is 20.1 Å². The van der Waals surface area contributed by atoms with Gasteiger partial charge in [-0.1, -0.05) is 58.2 Å². The van der Waals surface area contributed by atoms with Gasteiger partial charge in [-0.05, 0) is 36.4 Å². The molecule has 0 aliphatic rings. The monoisotopic (exact) mass is 490 g/mol. The summed E-state index contributed by atoms with van der Waals surface area (Å²) in [4.78, 5) is 12.2. The fourth-order valence-electron chi connectivity index (χ4n) is 2.21. The number of carbonyl (C=O) groups excluding carboxylic acids is 1. The zero-order valence-electron chi connectivity index (χ0n) is 15.0. The molecule has 0 unspecified atom stereocenters. The van der Waals surface area contributed by atoms with E-state index in [2.05, 4.69) is 15.5 Å². The van der Waals surface area contributed by atoms with Crippen molar-refractivity contribution in [2.75, 3.05) is 11.1 Å². The first kappa shape index (κ1) is 22.1. The number of ether oxygens (including phenoxy) is 1. The number of carbonyl (C=O) groups is 1. The second kappa shape index (κ2) is 9.91. The molecule has 0 atom stereocenters. The van der Waals surface area contributed by atoms with E-state index in [9.17, 15) is 4.79 Å². The summed E-state index contributed by atoms with van der Waals surface area (Å²) in [6.07, 6.45) is 0. The Morgan fingerprint density at radius 2 is 1.76 bits per heavy atom. The van der Waals surface area contributed by atoms with Gasteiger partial charge < -0.3 is 14.6 Å². The molecule has 6 nitrogen and oxygen atoms in total. The van der Waals surface area contributed by atoms with Crippen molar-refractivity contribution < 1.29 is 9.53 Å². The molecule has 1 N–H and O–H groups in total. The van der Waals surface area contributed by atoms with Gasteiger partial charge in [-0.25, -0.2) is 0 Å². The van der Waals surface area contributed by atoms with Crippen LogP contribution < -0.4 is 10.1 Å². The summed E-state index contributed by atoms with van der Waals surface area (Å²) < 4.78 is 7.44. The molecular formula is C18H14Cl4N4O2S. The summed E-state index contributed by atoms with van der Waals surface area (Å²) in [7, 11) is 1.80. The Labute approximate surface area is 191 Å². The minimum Gasteiger partial charge on any atom is -0.486 e. The summed E-state index contributed by atoms with van der Waals surface area (Å²) in [6.45, 7) is 0.233. The van der Waals surface area contributed by atoms with Crippen LogP contribution in [0.15, 0.2) is 41.6 Å². The molecule has 0 bridgehead atoms. The number of rotatable bonds is 7. The fourth-order valence-corrected chi connectivity index (χ4v) is 3.66. The SMILES string of the molecule is Cn1c(COc2ccc(Cl)cc2)nnc1SCC(=O)Nc1cc(Cl)c(Cl)cc1Cl. The minimum absolute atomic E-state index is 0.112. The van der Waals surface area contributed by atoms with Crippen molar-refractivity contribution in [2.45, 2.75) is 11.8 Å². The molecule has 0 saturated heterocycles. The Balaban J connectivity index is 1.55. The molecule has 0 fully saturated rings. The summed E-state index contributed by atoms with van der Waals surface area (Å²) in [6, 6.07) is 10.0. The van der Waals surface area contributed by atoms with Gasteiger partial charge in [-0.3, -0.25) is 4.79 Å². The molecule has 1 heterocycles. The number of amides is 1.